The van der Waals surface area contributed by atoms with Crippen molar-refractivity contribution in [2.24, 2.45) is 5.92 Å². The van der Waals surface area contributed by atoms with Crippen LogP contribution in [0.15, 0.2) is 0 Å². The van der Waals surface area contributed by atoms with Crippen molar-refractivity contribution < 1.29 is 4.84 Å². The molecule has 2 rings (SSSR count). The molecule has 0 spiro atoms. The molecule has 4 heteroatoms. The van der Waals surface area contributed by atoms with Gasteiger partial charge in [-0.15, -0.1) is 0 Å². The number of hydrogen-bond acceptors (Lipinski definition) is 4. The number of hydrogen-bond donors (Lipinski definition) is 3. The zero-order valence-corrected chi connectivity index (χ0v) is 6.76. The largest absolute Gasteiger partial charge is 0.316 e. The van der Waals surface area contributed by atoms with Crippen molar-refractivity contribution in [3.05, 3.63) is 0 Å². The van der Waals surface area contributed by atoms with Gasteiger partial charge in [0.1, 0.15) is 6.23 Å². The minimum absolute atomic E-state index is 0.208. The van der Waals surface area contributed by atoms with E-state index in [9.17, 15) is 0 Å². The van der Waals surface area contributed by atoms with E-state index in [0.717, 1.165) is 13.1 Å². The molecule has 0 radical (unpaired) electrons. The van der Waals surface area contributed by atoms with Crippen LogP contribution in [0, 0.1) is 5.92 Å². The first-order valence-electron chi connectivity index (χ1n) is 4.24. The molecule has 0 amide bonds. The fraction of sp³-hybridized carbons (Fsp3) is 1.00. The number of rotatable bonds is 1. The van der Waals surface area contributed by atoms with Crippen LogP contribution in [0.25, 0.3) is 0 Å². The van der Waals surface area contributed by atoms with Gasteiger partial charge in [0.05, 0.1) is 6.17 Å². The van der Waals surface area contributed by atoms with Crippen LogP contribution in [0.3, 0.4) is 0 Å². The van der Waals surface area contributed by atoms with Crippen LogP contribution in [0.1, 0.15) is 13.3 Å². The molecule has 0 aromatic heterocycles. The van der Waals surface area contributed by atoms with E-state index in [1.54, 1.807) is 0 Å². The molecule has 0 aliphatic carbocycles. The van der Waals surface area contributed by atoms with Crippen molar-refractivity contribution in [3.8, 4) is 0 Å². The molecule has 0 unspecified atom stereocenters. The molecule has 0 saturated carbocycles. The molecule has 2 fully saturated rings. The summed E-state index contributed by atoms with van der Waals surface area (Å²) in [6.07, 6.45) is 1.71. The van der Waals surface area contributed by atoms with Crippen LogP contribution in [0.2, 0.25) is 0 Å². The number of hydroxylamine groups is 1. The molecule has 11 heavy (non-hydrogen) atoms. The Labute approximate surface area is 66.6 Å². The van der Waals surface area contributed by atoms with Gasteiger partial charge in [-0.05, 0) is 19.9 Å². The van der Waals surface area contributed by atoms with Crippen LogP contribution in [0.5, 0.6) is 0 Å². The van der Waals surface area contributed by atoms with Crippen molar-refractivity contribution in [1.82, 2.24) is 16.1 Å². The van der Waals surface area contributed by atoms with Gasteiger partial charge in [0.2, 0.25) is 0 Å². The molecular formula is C7H15N3O. The molecule has 64 valence electrons. The lowest BCUT2D eigenvalue weighted by atomic mass is 10.1. The van der Waals surface area contributed by atoms with E-state index in [1.807, 2.05) is 0 Å². The van der Waals surface area contributed by atoms with Crippen LogP contribution in [-0.4, -0.2) is 25.5 Å². The maximum atomic E-state index is 5.35. The Kier molecular flexibility index (Phi) is 2.09. The number of nitrogens with one attached hydrogen (secondary N) is 3. The van der Waals surface area contributed by atoms with Gasteiger partial charge >= 0.3 is 0 Å². The Hall–Kier alpha value is -0.160. The van der Waals surface area contributed by atoms with Gasteiger partial charge in [-0.2, -0.15) is 5.48 Å². The van der Waals surface area contributed by atoms with E-state index in [4.69, 9.17) is 4.84 Å². The highest BCUT2D eigenvalue weighted by molar-refractivity contribution is 4.80. The van der Waals surface area contributed by atoms with Crippen molar-refractivity contribution in [2.75, 3.05) is 13.1 Å². The molecular weight excluding hydrogens is 142 g/mol. The molecule has 2 aliphatic heterocycles. The third-order valence-corrected chi connectivity index (χ3v) is 2.31. The average molecular weight is 157 g/mol. The van der Waals surface area contributed by atoms with Gasteiger partial charge in [0.15, 0.2) is 0 Å². The summed E-state index contributed by atoms with van der Waals surface area (Å²) in [6.45, 7) is 4.26. The van der Waals surface area contributed by atoms with E-state index in [0.29, 0.717) is 12.1 Å². The van der Waals surface area contributed by atoms with Crippen LogP contribution >= 0.6 is 0 Å². The minimum Gasteiger partial charge on any atom is -0.316 e. The van der Waals surface area contributed by atoms with Crippen molar-refractivity contribution in [2.45, 2.75) is 25.7 Å². The van der Waals surface area contributed by atoms with E-state index in [-0.39, 0.29) is 6.23 Å². The van der Waals surface area contributed by atoms with Gasteiger partial charge in [-0.25, -0.2) is 0 Å². The van der Waals surface area contributed by atoms with Crippen molar-refractivity contribution >= 4 is 0 Å². The molecule has 0 bridgehead atoms. The Morgan fingerprint density at radius 1 is 1.45 bits per heavy atom. The third-order valence-electron chi connectivity index (χ3n) is 2.31. The zero-order valence-electron chi connectivity index (χ0n) is 6.76. The lowest BCUT2D eigenvalue weighted by Gasteiger charge is -2.14. The van der Waals surface area contributed by atoms with E-state index in [1.165, 1.54) is 6.42 Å². The lowest BCUT2D eigenvalue weighted by molar-refractivity contribution is -0.00540. The van der Waals surface area contributed by atoms with Crippen molar-refractivity contribution in [1.29, 1.82) is 0 Å². The average Bonchev–Trinajstić information content (AvgIpc) is 2.55. The van der Waals surface area contributed by atoms with Gasteiger partial charge < -0.3 is 5.32 Å². The Bertz CT molecular complexity index is 136. The second kappa shape index (κ2) is 3.06. The smallest absolute Gasteiger partial charge is 0.135 e. The van der Waals surface area contributed by atoms with E-state index >= 15 is 0 Å². The maximum Gasteiger partial charge on any atom is 0.135 e. The fourth-order valence-electron chi connectivity index (χ4n) is 1.66. The molecule has 2 heterocycles. The normalized spacial score (nSPS) is 45.0. The highest BCUT2D eigenvalue weighted by Gasteiger charge is 2.30. The first-order valence-corrected chi connectivity index (χ1v) is 4.24. The standard InChI is InChI=1S/C7H15N3O/c1-5-9-7(11-10-5)6-2-3-8-4-6/h5-10H,2-4H2,1H3/t5-,6+,7+/m1/s1. The highest BCUT2D eigenvalue weighted by atomic mass is 16.7. The molecule has 0 aromatic rings. The van der Waals surface area contributed by atoms with Crippen molar-refractivity contribution in [3.63, 3.8) is 0 Å². The molecule has 3 N–H and O–H groups in total. The highest BCUT2D eigenvalue weighted by Crippen LogP contribution is 2.15. The summed E-state index contributed by atoms with van der Waals surface area (Å²) in [5.74, 6) is 0.632. The summed E-state index contributed by atoms with van der Waals surface area (Å²) in [5.41, 5.74) is 2.91. The van der Waals surface area contributed by atoms with Crippen LogP contribution in [-0.2, 0) is 4.84 Å². The van der Waals surface area contributed by atoms with Crippen LogP contribution < -0.4 is 16.1 Å². The fourth-order valence-corrected chi connectivity index (χ4v) is 1.66. The summed E-state index contributed by atoms with van der Waals surface area (Å²) in [4.78, 5) is 5.35. The monoisotopic (exact) mass is 157 g/mol. The Balaban J connectivity index is 1.85. The zero-order chi connectivity index (χ0) is 7.68. The van der Waals surface area contributed by atoms with E-state index in [2.05, 4.69) is 23.0 Å². The summed E-state index contributed by atoms with van der Waals surface area (Å²) in [6, 6.07) is 0. The molecule has 2 aliphatic rings. The SMILES string of the molecule is C[C@H]1NO[C@@H]([C@H]2CCNC2)N1. The first-order chi connectivity index (χ1) is 5.36. The summed E-state index contributed by atoms with van der Waals surface area (Å²) < 4.78 is 0. The summed E-state index contributed by atoms with van der Waals surface area (Å²) in [7, 11) is 0. The molecule has 3 atom stereocenters. The Morgan fingerprint density at radius 3 is 2.91 bits per heavy atom. The second-order valence-electron chi connectivity index (χ2n) is 3.30. The Morgan fingerprint density at radius 2 is 2.36 bits per heavy atom. The first kappa shape index (κ1) is 7.49. The van der Waals surface area contributed by atoms with E-state index < -0.39 is 0 Å². The second-order valence-corrected chi connectivity index (χ2v) is 3.30. The third kappa shape index (κ3) is 1.54. The quantitative estimate of drug-likeness (QED) is 0.475. The van der Waals surface area contributed by atoms with Gasteiger partial charge in [-0.1, -0.05) is 0 Å². The molecule has 2 saturated heterocycles. The van der Waals surface area contributed by atoms with Gasteiger partial charge in [0.25, 0.3) is 0 Å². The topological polar surface area (TPSA) is 45.3 Å². The minimum atomic E-state index is 0.208. The lowest BCUT2D eigenvalue weighted by Crippen LogP contribution is -2.36. The predicted molar refractivity (Wildman–Crippen MR) is 41.6 cm³/mol. The summed E-state index contributed by atoms with van der Waals surface area (Å²) >= 11 is 0. The summed E-state index contributed by atoms with van der Waals surface area (Å²) in [5, 5.41) is 6.64. The van der Waals surface area contributed by atoms with Crippen LogP contribution in [0.4, 0.5) is 0 Å². The maximum absolute atomic E-state index is 5.35. The van der Waals surface area contributed by atoms with Gasteiger partial charge in [0, 0.05) is 12.5 Å². The molecule has 4 nitrogen and oxygen atoms in total. The van der Waals surface area contributed by atoms with Gasteiger partial charge in [-0.3, -0.25) is 10.2 Å². The molecule has 0 aromatic carbocycles. The predicted octanol–water partition coefficient (Wildman–Crippen LogP) is -0.608.